The molecule has 0 aliphatic rings. The molecule has 2 aromatic carbocycles. The summed E-state index contributed by atoms with van der Waals surface area (Å²) < 4.78 is 28.3. The number of rotatable bonds is 9. The van der Waals surface area contributed by atoms with Gasteiger partial charge in [0, 0.05) is 27.6 Å². The smallest absolute Gasteiger partial charge is 0.243 e. The summed E-state index contributed by atoms with van der Waals surface area (Å²) in [5.41, 5.74) is 0.562. The van der Waals surface area contributed by atoms with E-state index in [1.165, 1.54) is 12.1 Å². The Labute approximate surface area is 190 Å². The van der Waals surface area contributed by atoms with Crippen molar-refractivity contribution in [3.8, 4) is 0 Å². The SMILES string of the molecule is CC(C)CCNC(=O)CN(Cc1ccc(Cl)cc1Cl)S(=O)(=O)c1ccc(Br)cc1. The zero-order chi connectivity index (χ0) is 21.6. The van der Waals surface area contributed by atoms with Crippen LogP contribution >= 0.6 is 39.1 Å². The van der Waals surface area contributed by atoms with Crippen molar-refractivity contribution in [1.82, 2.24) is 9.62 Å². The van der Waals surface area contributed by atoms with Gasteiger partial charge in [0.15, 0.2) is 0 Å². The third-order valence-electron chi connectivity index (χ3n) is 4.18. The van der Waals surface area contributed by atoms with Gasteiger partial charge in [-0.25, -0.2) is 8.42 Å². The maximum Gasteiger partial charge on any atom is 0.243 e. The quantitative estimate of drug-likeness (QED) is 0.498. The third kappa shape index (κ3) is 7.26. The highest BCUT2D eigenvalue weighted by atomic mass is 79.9. The molecule has 0 aromatic heterocycles. The minimum Gasteiger partial charge on any atom is -0.355 e. The summed E-state index contributed by atoms with van der Waals surface area (Å²) in [6.45, 7) is 4.24. The van der Waals surface area contributed by atoms with Gasteiger partial charge in [-0.2, -0.15) is 4.31 Å². The fourth-order valence-corrected chi connectivity index (χ4v) is 4.64. The summed E-state index contributed by atoms with van der Waals surface area (Å²) in [5.74, 6) is 0.0715. The topological polar surface area (TPSA) is 66.5 Å². The molecule has 158 valence electrons. The fourth-order valence-electron chi connectivity index (χ4n) is 2.54. The van der Waals surface area contributed by atoms with Gasteiger partial charge in [-0.05, 0) is 54.3 Å². The first kappa shape index (κ1) is 24.2. The molecule has 0 saturated carbocycles. The van der Waals surface area contributed by atoms with Crippen LogP contribution in [0.5, 0.6) is 0 Å². The van der Waals surface area contributed by atoms with Crippen molar-refractivity contribution in [2.45, 2.75) is 31.7 Å². The maximum atomic E-state index is 13.2. The van der Waals surface area contributed by atoms with Gasteiger partial charge >= 0.3 is 0 Å². The molecule has 0 bridgehead atoms. The molecule has 9 heteroatoms. The molecule has 2 rings (SSSR count). The molecule has 0 saturated heterocycles. The number of nitrogens with zero attached hydrogens (tertiary/aromatic N) is 1. The van der Waals surface area contributed by atoms with Crippen LogP contribution in [-0.4, -0.2) is 31.7 Å². The second-order valence-electron chi connectivity index (χ2n) is 7.00. The largest absolute Gasteiger partial charge is 0.355 e. The molecule has 1 N–H and O–H groups in total. The Hall–Kier alpha value is -1.12. The number of halogens is 3. The number of carbonyl (C=O) groups is 1. The Kier molecular flexibility index (Phi) is 8.97. The molecular formula is C20H23BrCl2N2O3S. The maximum absolute atomic E-state index is 13.2. The normalized spacial score (nSPS) is 11.8. The average Bonchev–Trinajstić information content (AvgIpc) is 2.63. The molecule has 2 aromatic rings. The number of amides is 1. The molecular weight excluding hydrogens is 499 g/mol. The van der Waals surface area contributed by atoms with Crippen LogP contribution in [0, 0.1) is 5.92 Å². The summed E-state index contributed by atoms with van der Waals surface area (Å²) in [5, 5.41) is 3.57. The summed E-state index contributed by atoms with van der Waals surface area (Å²) in [4.78, 5) is 12.5. The minimum atomic E-state index is -3.92. The highest BCUT2D eigenvalue weighted by Gasteiger charge is 2.27. The van der Waals surface area contributed by atoms with Crippen LogP contribution < -0.4 is 5.32 Å². The first-order valence-corrected chi connectivity index (χ1v) is 12.0. The summed E-state index contributed by atoms with van der Waals surface area (Å²) in [7, 11) is -3.92. The predicted molar refractivity (Wildman–Crippen MR) is 121 cm³/mol. The van der Waals surface area contributed by atoms with E-state index in [2.05, 4.69) is 35.1 Å². The zero-order valence-electron chi connectivity index (χ0n) is 16.2. The summed E-state index contributed by atoms with van der Waals surface area (Å²) in [6, 6.07) is 11.1. The van der Waals surface area contributed by atoms with E-state index in [0.717, 1.165) is 15.2 Å². The minimum absolute atomic E-state index is 0.0496. The van der Waals surface area contributed by atoms with Crippen molar-refractivity contribution >= 4 is 55.1 Å². The van der Waals surface area contributed by atoms with Crippen LogP contribution in [0.15, 0.2) is 51.8 Å². The van der Waals surface area contributed by atoms with E-state index in [4.69, 9.17) is 23.2 Å². The second kappa shape index (κ2) is 10.8. The molecule has 1 amide bonds. The molecule has 0 aliphatic heterocycles. The zero-order valence-corrected chi connectivity index (χ0v) is 20.1. The standard InChI is InChI=1S/C20H23BrCl2N2O3S/c1-14(2)9-10-24-20(26)13-25(12-15-3-6-17(22)11-19(15)23)29(27,28)18-7-4-16(21)5-8-18/h3-8,11,14H,9-10,12-13H2,1-2H3,(H,24,26). The van der Waals surface area contributed by atoms with E-state index in [0.29, 0.717) is 28.1 Å². The average molecular weight is 522 g/mol. The first-order valence-electron chi connectivity index (χ1n) is 9.06. The van der Waals surface area contributed by atoms with E-state index in [1.54, 1.807) is 30.3 Å². The molecule has 0 spiro atoms. The van der Waals surface area contributed by atoms with Crippen LogP contribution in [0.2, 0.25) is 10.0 Å². The second-order valence-corrected chi connectivity index (χ2v) is 10.7. The molecule has 29 heavy (non-hydrogen) atoms. The van der Waals surface area contributed by atoms with Crippen molar-refractivity contribution in [2.24, 2.45) is 5.92 Å². The molecule has 0 heterocycles. The van der Waals surface area contributed by atoms with Crippen LogP contribution in [0.25, 0.3) is 0 Å². The lowest BCUT2D eigenvalue weighted by molar-refractivity contribution is -0.121. The Morgan fingerprint density at radius 2 is 1.79 bits per heavy atom. The first-order chi connectivity index (χ1) is 13.6. The lowest BCUT2D eigenvalue weighted by Gasteiger charge is -2.23. The fraction of sp³-hybridized carbons (Fsp3) is 0.350. The highest BCUT2D eigenvalue weighted by Crippen LogP contribution is 2.25. The van der Waals surface area contributed by atoms with Crippen LogP contribution in [0.4, 0.5) is 0 Å². The summed E-state index contributed by atoms with van der Waals surface area (Å²) in [6.07, 6.45) is 0.814. The Morgan fingerprint density at radius 3 is 2.38 bits per heavy atom. The van der Waals surface area contributed by atoms with Gasteiger partial charge in [0.25, 0.3) is 0 Å². The van der Waals surface area contributed by atoms with Crippen molar-refractivity contribution in [3.05, 3.63) is 62.5 Å². The molecule has 0 fully saturated rings. The van der Waals surface area contributed by atoms with Crippen LogP contribution in [0.3, 0.4) is 0 Å². The van der Waals surface area contributed by atoms with E-state index in [1.807, 2.05) is 0 Å². The molecule has 5 nitrogen and oxygen atoms in total. The van der Waals surface area contributed by atoms with E-state index in [-0.39, 0.29) is 23.9 Å². The van der Waals surface area contributed by atoms with Gasteiger partial charge in [-0.15, -0.1) is 0 Å². The van der Waals surface area contributed by atoms with E-state index >= 15 is 0 Å². The molecule has 0 radical (unpaired) electrons. The lowest BCUT2D eigenvalue weighted by atomic mass is 10.1. The Morgan fingerprint density at radius 1 is 1.14 bits per heavy atom. The van der Waals surface area contributed by atoms with Gasteiger partial charge in [-0.1, -0.05) is 59.0 Å². The van der Waals surface area contributed by atoms with Gasteiger partial charge < -0.3 is 5.32 Å². The number of hydrogen-bond donors (Lipinski definition) is 1. The molecule has 0 unspecified atom stereocenters. The number of hydrogen-bond acceptors (Lipinski definition) is 3. The summed E-state index contributed by atoms with van der Waals surface area (Å²) >= 11 is 15.5. The lowest BCUT2D eigenvalue weighted by Crippen LogP contribution is -2.40. The van der Waals surface area contributed by atoms with Crippen molar-refractivity contribution < 1.29 is 13.2 Å². The van der Waals surface area contributed by atoms with E-state index < -0.39 is 10.0 Å². The van der Waals surface area contributed by atoms with Crippen molar-refractivity contribution in [3.63, 3.8) is 0 Å². The van der Waals surface area contributed by atoms with Crippen molar-refractivity contribution in [1.29, 1.82) is 0 Å². The number of nitrogens with one attached hydrogen (secondary N) is 1. The monoisotopic (exact) mass is 520 g/mol. The van der Waals surface area contributed by atoms with Crippen LogP contribution in [-0.2, 0) is 21.4 Å². The Bertz CT molecular complexity index is 951. The van der Waals surface area contributed by atoms with Gasteiger partial charge in [0.05, 0.1) is 11.4 Å². The molecule has 0 atom stereocenters. The number of carbonyl (C=O) groups excluding carboxylic acids is 1. The number of benzene rings is 2. The Balaban J connectivity index is 2.28. The van der Waals surface area contributed by atoms with Gasteiger partial charge in [0.1, 0.15) is 0 Å². The van der Waals surface area contributed by atoms with Gasteiger partial charge in [0.2, 0.25) is 15.9 Å². The van der Waals surface area contributed by atoms with Crippen molar-refractivity contribution in [2.75, 3.05) is 13.1 Å². The van der Waals surface area contributed by atoms with Gasteiger partial charge in [-0.3, -0.25) is 4.79 Å². The van der Waals surface area contributed by atoms with Crippen LogP contribution in [0.1, 0.15) is 25.8 Å². The highest BCUT2D eigenvalue weighted by molar-refractivity contribution is 9.10. The predicted octanol–water partition coefficient (Wildman–Crippen LogP) is 5.11. The van der Waals surface area contributed by atoms with E-state index in [9.17, 15) is 13.2 Å². The number of sulfonamides is 1. The third-order valence-corrected chi connectivity index (χ3v) is 7.10. The molecule has 0 aliphatic carbocycles.